The summed E-state index contributed by atoms with van der Waals surface area (Å²) >= 11 is 1.72. The van der Waals surface area contributed by atoms with Gasteiger partial charge in [-0.25, -0.2) is 0 Å². The molecule has 0 saturated carbocycles. The Morgan fingerprint density at radius 3 is 2.70 bits per heavy atom. The average Bonchev–Trinajstić information content (AvgIpc) is 2.47. The van der Waals surface area contributed by atoms with Gasteiger partial charge in [0.2, 0.25) is 0 Å². The fourth-order valence-electron chi connectivity index (χ4n) is 2.01. The third kappa shape index (κ3) is 3.39. The van der Waals surface area contributed by atoms with Crippen LogP contribution in [0.4, 0.5) is 5.69 Å². The molecule has 0 fully saturated rings. The van der Waals surface area contributed by atoms with Gasteiger partial charge in [0.1, 0.15) is 0 Å². The lowest BCUT2D eigenvalue weighted by Crippen LogP contribution is -2.06. The molecule has 0 bridgehead atoms. The summed E-state index contributed by atoms with van der Waals surface area (Å²) in [5.74, 6) is 0.654. The number of hydrogen-bond donors (Lipinski definition) is 2. The van der Waals surface area contributed by atoms with E-state index in [1.165, 1.54) is 4.90 Å². The SMILES string of the molecule is COc1cc(C(C)Nc2cccc(SC)c2)ccc1O. The van der Waals surface area contributed by atoms with Gasteiger partial charge in [-0.15, -0.1) is 11.8 Å². The van der Waals surface area contributed by atoms with E-state index in [2.05, 4.69) is 30.6 Å². The lowest BCUT2D eigenvalue weighted by Gasteiger charge is -2.17. The number of rotatable bonds is 5. The van der Waals surface area contributed by atoms with Crippen molar-refractivity contribution in [1.29, 1.82) is 0 Å². The van der Waals surface area contributed by atoms with E-state index in [9.17, 15) is 5.11 Å². The van der Waals surface area contributed by atoms with E-state index in [-0.39, 0.29) is 11.8 Å². The summed E-state index contributed by atoms with van der Waals surface area (Å²) in [6.07, 6.45) is 2.06. The minimum atomic E-state index is 0.126. The minimum Gasteiger partial charge on any atom is -0.504 e. The van der Waals surface area contributed by atoms with Crippen LogP contribution >= 0.6 is 11.8 Å². The van der Waals surface area contributed by atoms with Gasteiger partial charge in [-0.3, -0.25) is 0 Å². The second kappa shape index (κ2) is 6.57. The van der Waals surface area contributed by atoms with Crippen LogP contribution in [-0.2, 0) is 0 Å². The lowest BCUT2D eigenvalue weighted by atomic mass is 10.1. The zero-order chi connectivity index (χ0) is 14.5. The monoisotopic (exact) mass is 289 g/mol. The van der Waals surface area contributed by atoms with Crippen LogP contribution in [0.15, 0.2) is 47.4 Å². The van der Waals surface area contributed by atoms with Crippen molar-refractivity contribution in [3.8, 4) is 11.5 Å². The molecule has 0 aliphatic carbocycles. The molecule has 0 heterocycles. The molecule has 0 aliphatic rings. The van der Waals surface area contributed by atoms with Crippen LogP contribution in [0.25, 0.3) is 0 Å². The molecule has 0 radical (unpaired) electrons. The first-order valence-corrected chi connectivity index (χ1v) is 7.64. The molecule has 2 N–H and O–H groups in total. The van der Waals surface area contributed by atoms with E-state index < -0.39 is 0 Å². The van der Waals surface area contributed by atoms with E-state index >= 15 is 0 Å². The fourth-order valence-corrected chi connectivity index (χ4v) is 2.47. The van der Waals surface area contributed by atoms with Crippen molar-refractivity contribution >= 4 is 17.4 Å². The van der Waals surface area contributed by atoms with Crippen molar-refractivity contribution in [3.63, 3.8) is 0 Å². The van der Waals surface area contributed by atoms with Gasteiger partial charge in [-0.1, -0.05) is 12.1 Å². The summed E-state index contributed by atoms with van der Waals surface area (Å²) in [4.78, 5) is 1.23. The van der Waals surface area contributed by atoms with E-state index in [4.69, 9.17) is 4.74 Å². The predicted molar refractivity (Wildman–Crippen MR) is 84.9 cm³/mol. The van der Waals surface area contributed by atoms with Crippen molar-refractivity contribution in [2.75, 3.05) is 18.7 Å². The molecule has 0 spiro atoms. The molecule has 1 unspecified atom stereocenters. The van der Waals surface area contributed by atoms with Gasteiger partial charge in [0.15, 0.2) is 11.5 Å². The van der Waals surface area contributed by atoms with Crippen molar-refractivity contribution in [2.45, 2.75) is 17.9 Å². The molecular formula is C16H19NO2S. The molecule has 106 valence electrons. The second-order valence-electron chi connectivity index (χ2n) is 4.53. The summed E-state index contributed by atoms with van der Waals surface area (Å²) < 4.78 is 5.14. The molecule has 4 heteroatoms. The number of ether oxygens (including phenoxy) is 1. The highest BCUT2D eigenvalue weighted by molar-refractivity contribution is 7.98. The largest absolute Gasteiger partial charge is 0.504 e. The highest BCUT2D eigenvalue weighted by atomic mass is 32.2. The first kappa shape index (κ1) is 14.6. The molecule has 0 aliphatic heterocycles. The Labute approximate surface area is 124 Å². The summed E-state index contributed by atoms with van der Waals surface area (Å²) in [6.45, 7) is 2.08. The molecular weight excluding hydrogens is 270 g/mol. The van der Waals surface area contributed by atoms with Gasteiger partial charge in [0.05, 0.1) is 7.11 Å². The van der Waals surface area contributed by atoms with Gasteiger partial charge in [0.25, 0.3) is 0 Å². The zero-order valence-electron chi connectivity index (χ0n) is 11.9. The highest BCUT2D eigenvalue weighted by Crippen LogP contribution is 2.30. The Balaban J connectivity index is 2.16. The zero-order valence-corrected chi connectivity index (χ0v) is 12.7. The molecule has 1 atom stereocenters. The van der Waals surface area contributed by atoms with Crippen LogP contribution < -0.4 is 10.1 Å². The van der Waals surface area contributed by atoms with Crippen molar-refractivity contribution < 1.29 is 9.84 Å². The maximum atomic E-state index is 9.63. The summed E-state index contributed by atoms with van der Waals surface area (Å²) in [6, 6.07) is 13.8. The standard InChI is InChI=1S/C16H19NO2S/c1-11(12-7-8-15(18)16(9-12)19-2)17-13-5-4-6-14(10-13)20-3/h4-11,17-18H,1-3H3. The number of hydrogen-bond acceptors (Lipinski definition) is 4. The lowest BCUT2D eigenvalue weighted by molar-refractivity contribution is 0.373. The van der Waals surface area contributed by atoms with Crippen molar-refractivity contribution in [2.24, 2.45) is 0 Å². The van der Waals surface area contributed by atoms with Gasteiger partial charge in [-0.2, -0.15) is 0 Å². The van der Waals surface area contributed by atoms with Crippen LogP contribution in [0.3, 0.4) is 0 Å². The van der Waals surface area contributed by atoms with Crippen LogP contribution in [0.1, 0.15) is 18.5 Å². The average molecular weight is 289 g/mol. The number of phenols is 1. The minimum absolute atomic E-state index is 0.126. The maximum Gasteiger partial charge on any atom is 0.160 e. The van der Waals surface area contributed by atoms with Gasteiger partial charge in [0, 0.05) is 16.6 Å². The molecule has 3 nitrogen and oxygen atoms in total. The molecule has 0 aromatic heterocycles. The Morgan fingerprint density at radius 2 is 2.00 bits per heavy atom. The molecule has 20 heavy (non-hydrogen) atoms. The van der Waals surface area contributed by atoms with Crippen LogP contribution in [0.2, 0.25) is 0 Å². The summed E-state index contributed by atoms with van der Waals surface area (Å²) in [5.41, 5.74) is 2.14. The van der Waals surface area contributed by atoms with E-state index in [1.807, 2.05) is 24.3 Å². The highest BCUT2D eigenvalue weighted by Gasteiger charge is 2.09. The number of methoxy groups -OCH3 is 1. The van der Waals surface area contributed by atoms with Crippen LogP contribution in [0.5, 0.6) is 11.5 Å². The number of phenolic OH excluding ortho intramolecular Hbond substituents is 1. The molecule has 2 rings (SSSR count). The number of anilines is 1. The van der Waals surface area contributed by atoms with Crippen LogP contribution in [0, 0.1) is 0 Å². The van der Waals surface area contributed by atoms with E-state index in [1.54, 1.807) is 24.9 Å². The Bertz CT molecular complexity index is 586. The molecule has 0 saturated heterocycles. The van der Waals surface area contributed by atoms with Gasteiger partial charge in [-0.05, 0) is 49.1 Å². The van der Waals surface area contributed by atoms with Crippen LogP contribution in [-0.4, -0.2) is 18.5 Å². The number of thioether (sulfide) groups is 1. The molecule has 2 aromatic rings. The quantitative estimate of drug-likeness (QED) is 0.805. The smallest absolute Gasteiger partial charge is 0.160 e. The molecule has 2 aromatic carbocycles. The van der Waals surface area contributed by atoms with Crippen molar-refractivity contribution in [3.05, 3.63) is 48.0 Å². The summed E-state index contributed by atoms with van der Waals surface area (Å²) in [5, 5.41) is 13.1. The topological polar surface area (TPSA) is 41.5 Å². The second-order valence-corrected chi connectivity index (χ2v) is 5.41. The van der Waals surface area contributed by atoms with E-state index in [0.29, 0.717) is 5.75 Å². The van der Waals surface area contributed by atoms with Crippen molar-refractivity contribution in [1.82, 2.24) is 0 Å². The molecule has 0 amide bonds. The van der Waals surface area contributed by atoms with Gasteiger partial charge < -0.3 is 15.2 Å². The normalized spacial score (nSPS) is 11.9. The third-order valence-corrected chi connectivity index (χ3v) is 3.88. The van der Waals surface area contributed by atoms with Gasteiger partial charge >= 0.3 is 0 Å². The predicted octanol–water partition coefficient (Wildman–Crippen LogP) is 4.30. The Kier molecular flexibility index (Phi) is 4.79. The fraction of sp³-hybridized carbons (Fsp3) is 0.250. The Hall–Kier alpha value is -1.81. The number of benzene rings is 2. The Morgan fingerprint density at radius 1 is 1.20 bits per heavy atom. The number of aromatic hydroxyl groups is 1. The third-order valence-electron chi connectivity index (χ3n) is 3.16. The summed E-state index contributed by atoms with van der Waals surface area (Å²) in [7, 11) is 1.55. The van der Waals surface area contributed by atoms with E-state index in [0.717, 1.165) is 11.3 Å². The number of nitrogens with one attached hydrogen (secondary N) is 1. The first-order chi connectivity index (χ1) is 9.63. The maximum absolute atomic E-state index is 9.63. The first-order valence-electron chi connectivity index (χ1n) is 6.41.